The summed E-state index contributed by atoms with van der Waals surface area (Å²) in [6, 6.07) is 15.9. The SMILES string of the molecule is CC[C@H](O)CN(Cc1c(C)nn(-c2ccccc2)c1Oc1ccc(F)cc1)CC1CC1. The van der Waals surface area contributed by atoms with Gasteiger partial charge in [-0.15, -0.1) is 0 Å². The van der Waals surface area contributed by atoms with Crippen molar-refractivity contribution in [2.75, 3.05) is 13.1 Å². The molecule has 1 fully saturated rings. The lowest BCUT2D eigenvalue weighted by Crippen LogP contribution is -2.33. The van der Waals surface area contributed by atoms with Crippen molar-refractivity contribution in [2.24, 2.45) is 5.92 Å². The molecule has 6 heteroatoms. The Morgan fingerprint density at radius 2 is 1.87 bits per heavy atom. The summed E-state index contributed by atoms with van der Waals surface area (Å²) >= 11 is 0. The van der Waals surface area contributed by atoms with E-state index in [9.17, 15) is 9.50 Å². The second-order valence-corrected chi connectivity index (χ2v) is 8.37. The van der Waals surface area contributed by atoms with Crippen LogP contribution in [-0.2, 0) is 6.54 Å². The Kier molecular flexibility index (Phi) is 6.68. The van der Waals surface area contributed by atoms with Crippen LogP contribution in [0, 0.1) is 18.7 Å². The maximum Gasteiger partial charge on any atom is 0.227 e. The highest BCUT2D eigenvalue weighted by molar-refractivity contribution is 5.43. The zero-order valence-corrected chi connectivity index (χ0v) is 18.2. The average molecular weight is 424 g/mol. The molecule has 31 heavy (non-hydrogen) atoms. The van der Waals surface area contributed by atoms with Gasteiger partial charge >= 0.3 is 0 Å². The molecule has 1 aliphatic carbocycles. The van der Waals surface area contributed by atoms with Crippen molar-refractivity contribution < 1.29 is 14.2 Å². The number of hydrogen-bond donors (Lipinski definition) is 1. The molecule has 1 aliphatic rings. The number of aromatic nitrogens is 2. The van der Waals surface area contributed by atoms with Crippen LogP contribution in [0.1, 0.15) is 37.4 Å². The second kappa shape index (κ2) is 9.62. The molecule has 0 amide bonds. The lowest BCUT2D eigenvalue weighted by atomic mass is 10.2. The first-order chi connectivity index (χ1) is 15.0. The van der Waals surface area contributed by atoms with Crippen LogP contribution in [-0.4, -0.2) is 39.0 Å². The molecule has 0 bridgehead atoms. The Balaban J connectivity index is 1.69. The molecular weight excluding hydrogens is 393 g/mol. The number of hydrogen-bond acceptors (Lipinski definition) is 4. The minimum absolute atomic E-state index is 0.301. The molecule has 1 saturated carbocycles. The van der Waals surface area contributed by atoms with Crippen LogP contribution in [0.4, 0.5) is 4.39 Å². The fourth-order valence-electron chi connectivity index (χ4n) is 3.70. The highest BCUT2D eigenvalue weighted by Gasteiger charge is 2.28. The van der Waals surface area contributed by atoms with Gasteiger partial charge in [0.15, 0.2) is 0 Å². The topological polar surface area (TPSA) is 50.5 Å². The number of aliphatic hydroxyl groups excluding tert-OH is 1. The molecule has 0 unspecified atom stereocenters. The summed E-state index contributed by atoms with van der Waals surface area (Å²) in [5, 5.41) is 15.1. The molecule has 1 atom stereocenters. The van der Waals surface area contributed by atoms with Crippen LogP contribution < -0.4 is 4.74 Å². The molecule has 1 aromatic heterocycles. The molecule has 4 rings (SSSR count). The molecule has 164 valence electrons. The number of ether oxygens (including phenoxy) is 1. The highest BCUT2D eigenvalue weighted by atomic mass is 19.1. The predicted molar refractivity (Wildman–Crippen MR) is 119 cm³/mol. The van der Waals surface area contributed by atoms with E-state index in [1.165, 1.54) is 25.0 Å². The van der Waals surface area contributed by atoms with Gasteiger partial charge in [-0.3, -0.25) is 4.90 Å². The van der Waals surface area contributed by atoms with Gasteiger partial charge in [-0.05, 0) is 68.5 Å². The number of halogens is 1. The lowest BCUT2D eigenvalue weighted by Gasteiger charge is -2.25. The second-order valence-electron chi connectivity index (χ2n) is 8.37. The molecular formula is C25H30FN3O2. The summed E-state index contributed by atoms with van der Waals surface area (Å²) in [5.41, 5.74) is 2.76. The number of aryl methyl sites for hydroxylation is 1. The molecule has 2 aromatic carbocycles. The van der Waals surface area contributed by atoms with Crippen molar-refractivity contribution in [3.8, 4) is 17.3 Å². The fourth-order valence-corrected chi connectivity index (χ4v) is 3.70. The third-order valence-corrected chi connectivity index (χ3v) is 5.70. The predicted octanol–water partition coefficient (Wildman–Crippen LogP) is 5.10. The summed E-state index contributed by atoms with van der Waals surface area (Å²) in [6.45, 7) is 6.21. The molecule has 0 saturated heterocycles. The lowest BCUT2D eigenvalue weighted by molar-refractivity contribution is 0.102. The maximum atomic E-state index is 13.4. The zero-order valence-electron chi connectivity index (χ0n) is 18.2. The van der Waals surface area contributed by atoms with Crippen LogP contribution in [0.2, 0.25) is 0 Å². The van der Waals surface area contributed by atoms with Gasteiger partial charge in [-0.1, -0.05) is 25.1 Å². The summed E-state index contributed by atoms with van der Waals surface area (Å²) in [6.07, 6.45) is 2.87. The first-order valence-corrected chi connectivity index (χ1v) is 11.0. The number of para-hydroxylation sites is 1. The Morgan fingerprint density at radius 1 is 1.16 bits per heavy atom. The molecule has 0 spiro atoms. The van der Waals surface area contributed by atoms with Crippen molar-refractivity contribution >= 4 is 0 Å². The molecule has 1 N–H and O–H groups in total. The molecule has 0 radical (unpaired) electrons. The van der Waals surface area contributed by atoms with E-state index in [-0.39, 0.29) is 11.9 Å². The van der Waals surface area contributed by atoms with Gasteiger partial charge in [0.1, 0.15) is 11.6 Å². The van der Waals surface area contributed by atoms with Gasteiger partial charge in [-0.25, -0.2) is 9.07 Å². The van der Waals surface area contributed by atoms with E-state index in [0.717, 1.165) is 29.9 Å². The summed E-state index contributed by atoms with van der Waals surface area (Å²) in [5.74, 6) is 1.59. The van der Waals surface area contributed by atoms with Gasteiger partial charge in [0.2, 0.25) is 5.88 Å². The van der Waals surface area contributed by atoms with Crippen LogP contribution in [0.5, 0.6) is 11.6 Å². The summed E-state index contributed by atoms with van der Waals surface area (Å²) < 4.78 is 21.5. The normalized spacial score (nSPS) is 14.7. The largest absolute Gasteiger partial charge is 0.439 e. The Hall–Kier alpha value is -2.70. The van der Waals surface area contributed by atoms with E-state index in [0.29, 0.717) is 30.6 Å². The van der Waals surface area contributed by atoms with Crippen LogP contribution in [0.3, 0.4) is 0 Å². The summed E-state index contributed by atoms with van der Waals surface area (Å²) in [4.78, 5) is 2.31. The Morgan fingerprint density at radius 3 is 2.52 bits per heavy atom. The van der Waals surface area contributed by atoms with Gasteiger partial charge in [-0.2, -0.15) is 5.10 Å². The first-order valence-electron chi connectivity index (χ1n) is 11.0. The van der Waals surface area contributed by atoms with Crippen LogP contribution >= 0.6 is 0 Å². The van der Waals surface area contributed by atoms with E-state index < -0.39 is 0 Å². The van der Waals surface area contributed by atoms with Crippen LogP contribution in [0.25, 0.3) is 5.69 Å². The maximum absolute atomic E-state index is 13.4. The van der Waals surface area contributed by atoms with Crippen molar-refractivity contribution in [1.82, 2.24) is 14.7 Å². The number of nitrogens with zero attached hydrogens (tertiary/aromatic N) is 3. The van der Waals surface area contributed by atoms with Crippen LogP contribution in [0.15, 0.2) is 54.6 Å². The average Bonchev–Trinajstić information content (AvgIpc) is 3.55. The fraction of sp³-hybridized carbons (Fsp3) is 0.400. The molecule has 5 nitrogen and oxygen atoms in total. The Labute approximate surface area is 183 Å². The standard InChI is InChI=1S/C25H30FN3O2/c1-3-22(30)16-28(15-19-9-10-19)17-24-18(2)27-29(21-7-5-4-6-8-21)25(24)31-23-13-11-20(26)12-14-23/h4-8,11-14,19,22,30H,3,9-10,15-17H2,1-2H3/t22-/m0/s1. The van der Waals surface area contributed by atoms with E-state index in [1.807, 2.05) is 44.2 Å². The Bertz CT molecular complexity index is 984. The van der Waals surface area contributed by atoms with Crippen molar-refractivity contribution in [3.05, 3.63) is 71.7 Å². The van der Waals surface area contributed by atoms with E-state index in [2.05, 4.69) is 4.90 Å². The van der Waals surface area contributed by atoms with Crippen molar-refractivity contribution in [2.45, 2.75) is 45.8 Å². The van der Waals surface area contributed by atoms with E-state index >= 15 is 0 Å². The van der Waals surface area contributed by atoms with Gasteiger partial charge < -0.3 is 9.84 Å². The third kappa shape index (κ3) is 5.51. The number of benzene rings is 2. The number of rotatable bonds is 10. The van der Waals surface area contributed by atoms with Gasteiger partial charge in [0.05, 0.1) is 23.0 Å². The number of aliphatic hydroxyl groups is 1. The van der Waals surface area contributed by atoms with E-state index in [1.54, 1.807) is 16.8 Å². The highest BCUT2D eigenvalue weighted by Crippen LogP contribution is 2.34. The van der Waals surface area contributed by atoms with E-state index in [4.69, 9.17) is 9.84 Å². The van der Waals surface area contributed by atoms with Gasteiger partial charge in [0, 0.05) is 19.6 Å². The first kappa shape index (κ1) is 21.5. The minimum Gasteiger partial charge on any atom is -0.439 e. The van der Waals surface area contributed by atoms with Crippen molar-refractivity contribution in [3.63, 3.8) is 0 Å². The molecule has 3 aromatic rings. The van der Waals surface area contributed by atoms with Crippen molar-refractivity contribution in [1.29, 1.82) is 0 Å². The monoisotopic (exact) mass is 423 g/mol. The minimum atomic E-state index is -0.357. The zero-order chi connectivity index (χ0) is 21.8. The summed E-state index contributed by atoms with van der Waals surface area (Å²) in [7, 11) is 0. The molecule has 0 aliphatic heterocycles. The quantitative estimate of drug-likeness (QED) is 0.493. The third-order valence-electron chi connectivity index (χ3n) is 5.70. The molecule has 1 heterocycles. The smallest absolute Gasteiger partial charge is 0.227 e. The van der Waals surface area contributed by atoms with Gasteiger partial charge in [0.25, 0.3) is 0 Å².